The maximum Gasteiger partial charge on any atom is 0.306 e. The van der Waals surface area contributed by atoms with E-state index in [9.17, 15) is 110 Å². The molecule has 0 aliphatic rings. The number of benzene rings is 12. The van der Waals surface area contributed by atoms with Crippen LogP contribution in [0.1, 0.15) is 175 Å². The summed E-state index contributed by atoms with van der Waals surface area (Å²) in [5.74, 6) is -5.92. The largest absolute Gasteiger partial charge is 0.748 e. The molecule has 0 bridgehead atoms. The maximum atomic E-state index is 14.6. The number of aliphatic carboxylic acids is 1. The van der Waals surface area contributed by atoms with Crippen molar-refractivity contribution in [2.45, 2.75) is 109 Å². The lowest BCUT2D eigenvalue weighted by atomic mass is 9.92. The Morgan fingerprint density at radius 2 is 0.429 bits per heavy atom. The Labute approximate surface area is 862 Å². The van der Waals surface area contributed by atoms with Crippen LogP contribution >= 0.6 is 28.6 Å². The van der Waals surface area contributed by atoms with Crippen LogP contribution in [0.5, 0.6) is 0 Å². The van der Waals surface area contributed by atoms with Gasteiger partial charge in [-0.15, -0.1) is 0 Å². The fraction of sp³-hybridized carbons (Fsp3) is 0.232. The summed E-state index contributed by atoms with van der Waals surface area (Å²) < 4.78 is 176. The minimum absolute atomic E-state index is 0. The summed E-state index contributed by atoms with van der Waals surface area (Å²) >= 11 is 0. The van der Waals surface area contributed by atoms with E-state index in [0.717, 1.165) is 0 Å². The molecule has 12 rings (SSSR count). The van der Waals surface area contributed by atoms with Crippen molar-refractivity contribution in [2.75, 3.05) is 63.5 Å². The Morgan fingerprint density at radius 1 is 0.252 bits per heavy atom. The predicted octanol–water partition coefficient (Wildman–Crippen LogP) is 16.1. The van der Waals surface area contributed by atoms with Crippen molar-refractivity contribution in [1.29, 1.82) is 0 Å². The third-order valence-electron chi connectivity index (χ3n) is 23.4. The number of aryl methyl sites for hydroxylation is 8. The molecule has 28 nitrogen and oxygen atoms in total. The van der Waals surface area contributed by atoms with E-state index in [0.29, 0.717) is 120 Å². The van der Waals surface area contributed by atoms with Gasteiger partial charge in [0.2, 0.25) is 56.4 Å². The molecule has 0 aliphatic carbocycles. The molecular weight excluding hydrogens is 2010 g/mol. The first-order chi connectivity index (χ1) is 67.5. The minimum Gasteiger partial charge on any atom is -0.748 e. The number of ketones is 4. The van der Waals surface area contributed by atoms with E-state index in [1.165, 1.54) is 0 Å². The highest BCUT2D eigenvalue weighted by atomic mass is 32.2. The molecule has 0 unspecified atom stereocenters. The first kappa shape index (κ1) is 124. The SMILES string of the molecule is Cc1cc(C)c(C(=O)P(=O)(c2ccccc2)c2ccccc2)c(C)c1C(=O)COC(=O)CCC(=O)[O-].Cc1cc(C)c(C(=O)P(=O)(c2ccccc2)c2ccccc2)c(C)c1C(=O)COCCCS(=O)(=O)[O-].Cc1cc(C)c(C(=O)P(=O)(c2ccccc2)c2ccccc2)c(C)c1C(=O)COCCCS(=O)(=O)[O-].Cc1cc(C)c(C(=O)P(=O)(c2ccccc2)c2ccccc2)c(C)c1C(=O)COCCS(=O)(=O)[O-].[CH3+].[CH3+].[CH3+].[CH3+]. The van der Waals surface area contributed by atoms with Crippen molar-refractivity contribution >= 4 is 159 Å². The van der Waals surface area contributed by atoms with Gasteiger partial charge in [0.25, 0.3) is 0 Å². The number of Topliss-reactive ketones (excluding diaryl/α,β-unsaturated/α-hetero) is 4. The molecule has 0 saturated carbocycles. The lowest BCUT2D eigenvalue weighted by Crippen LogP contribution is -2.25. The number of hydrogen-bond donors (Lipinski definition) is 0. The van der Waals surface area contributed by atoms with Crippen molar-refractivity contribution in [3.05, 3.63) is 408 Å². The lowest BCUT2D eigenvalue weighted by molar-refractivity contribution is -0.305. The van der Waals surface area contributed by atoms with Crippen LogP contribution in [0, 0.1) is 113 Å². The van der Waals surface area contributed by atoms with Crippen LogP contribution in [-0.4, -0.2) is 160 Å². The number of carbonyl (C=O) groups is 10. The quantitative estimate of drug-likeness (QED) is 0.00856. The third-order valence-corrected chi connectivity index (χ3v) is 37.0. The summed E-state index contributed by atoms with van der Waals surface area (Å²) in [7, 11) is -28.3. The van der Waals surface area contributed by atoms with Crippen LogP contribution in [0.3, 0.4) is 0 Å². The first-order valence-electron chi connectivity index (χ1n) is 45.0. The second-order valence-electron chi connectivity index (χ2n) is 33.8. The Kier molecular flexibility index (Phi) is 46.6. The van der Waals surface area contributed by atoms with Gasteiger partial charge in [0.15, 0.2) is 24.0 Å². The molecule has 0 atom stereocenters. The lowest BCUT2D eigenvalue weighted by Gasteiger charge is -2.22. The highest BCUT2D eigenvalue weighted by molar-refractivity contribution is 7.95. The first-order valence-corrected chi connectivity index (χ1v) is 56.5. The molecule has 0 spiro atoms. The number of rotatable bonds is 42. The van der Waals surface area contributed by atoms with Crippen molar-refractivity contribution in [3.8, 4) is 0 Å². The molecule has 0 N–H and O–H groups in total. The van der Waals surface area contributed by atoms with E-state index in [2.05, 4.69) is 0 Å². The van der Waals surface area contributed by atoms with Gasteiger partial charge in [0, 0.05) is 147 Å². The molecule has 0 aromatic heterocycles. The second-order valence-corrected chi connectivity index (χ2v) is 49.0. The van der Waals surface area contributed by atoms with Gasteiger partial charge in [0.1, 0.15) is 19.8 Å². The average molecular weight is 2130 g/mol. The van der Waals surface area contributed by atoms with Gasteiger partial charge in [-0.3, -0.25) is 43.2 Å². The summed E-state index contributed by atoms with van der Waals surface area (Å²) in [6.45, 7) is 18.1. The summed E-state index contributed by atoms with van der Waals surface area (Å²) in [4.78, 5) is 131. The molecule has 0 fully saturated rings. The fourth-order valence-corrected chi connectivity index (χ4v) is 28.8. The van der Waals surface area contributed by atoms with E-state index in [1.807, 2.05) is 0 Å². The van der Waals surface area contributed by atoms with Crippen molar-refractivity contribution in [2.24, 2.45) is 0 Å². The molecular formula is C112H120O28P4S3. The fourth-order valence-electron chi connectivity index (χ4n) is 17.1. The Morgan fingerprint density at radius 3 is 0.612 bits per heavy atom. The number of ether oxygens (including phenoxy) is 4. The molecule has 774 valence electrons. The molecule has 0 aliphatic heterocycles. The Hall–Kier alpha value is -13.1. The summed E-state index contributed by atoms with van der Waals surface area (Å²) in [6.07, 6.45) is -0.969. The van der Waals surface area contributed by atoms with Crippen LogP contribution in [0.2, 0.25) is 0 Å². The van der Waals surface area contributed by atoms with Gasteiger partial charge in [0.05, 0.1) is 49.1 Å². The van der Waals surface area contributed by atoms with Crippen LogP contribution < -0.4 is 47.5 Å². The monoisotopic (exact) mass is 2130 g/mol. The maximum absolute atomic E-state index is 14.6. The van der Waals surface area contributed by atoms with Gasteiger partial charge in [-0.05, 0) is 169 Å². The minimum atomic E-state index is -4.46. The number of esters is 1. The molecule has 12 aromatic carbocycles. The zero-order chi connectivity index (χ0) is 105. The van der Waals surface area contributed by atoms with Crippen molar-refractivity contribution in [1.82, 2.24) is 0 Å². The number of hydrogen-bond acceptors (Lipinski definition) is 28. The molecule has 12 aromatic rings. The van der Waals surface area contributed by atoms with Gasteiger partial charge in [-0.1, -0.05) is 267 Å². The second kappa shape index (κ2) is 55.1. The van der Waals surface area contributed by atoms with Crippen LogP contribution in [0.25, 0.3) is 0 Å². The standard InChI is InChI=1S/C28H27O7P.2C27H29O7PS.C26H27O7PS.4CH3/c1-18-16-19(2)27(20(3)26(18)23(29)17-35-25(32)15-14-24(30)31)28(33)36(34,21-10-6-4-7-11-21)22-12-8-5-9-13-22;2*1-19-17-20(2)26(21(3)25(19)24(28)18-34-15-10-16-36(31,32)33)27(29)35(30,22-11-6-4-7-12-22)23-13-8-5-9-14-23;1-18-16-19(2)25(20(3)24(18)23(27)17-33-14-15-35(30,31)32)26(28)34(29,21-10-6-4-7-11-21)22-12-8-5-9-13-22;;;;/h4-13,16H,14-15,17H2,1-3H3,(H,30,31);2*4-9,11-14,17H,10,15-16,18H2,1-3H3,(H,31,32,33);4-13,16H,14-15,17H2,1-3H3,(H,30,31,32);4*1H3/q;;;;4*+1/p-4. The number of carboxylic acid groups (broad SMARTS) is 1. The number of carbonyl (C=O) groups excluding carboxylic acids is 10. The van der Waals surface area contributed by atoms with E-state index in [1.54, 1.807) is 350 Å². The van der Waals surface area contributed by atoms with E-state index in [4.69, 9.17) is 18.9 Å². The van der Waals surface area contributed by atoms with E-state index in [-0.39, 0.29) is 102 Å². The topological polar surface area (TPSA) is 471 Å². The van der Waals surface area contributed by atoms with Gasteiger partial charge in [-0.2, -0.15) is 0 Å². The van der Waals surface area contributed by atoms with Crippen LogP contribution in [0.15, 0.2) is 267 Å². The third kappa shape index (κ3) is 31.1. The molecule has 0 saturated heterocycles. The predicted molar refractivity (Wildman–Crippen MR) is 573 cm³/mol. The Bertz CT molecular complexity index is 6940. The van der Waals surface area contributed by atoms with Gasteiger partial charge < -0.3 is 60.8 Å². The zero-order valence-corrected chi connectivity index (χ0v) is 90.8. The van der Waals surface area contributed by atoms with E-state index < -0.39 is 166 Å². The van der Waals surface area contributed by atoms with Crippen molar-refractivity contribution < 1.29 is 129 Å². The van der Waals surface area contributed by atoms with Crippen LogP contribution in [-0.2, 0) is 77.2 Å². The smallest absolute Gasteiger partial charge is 0.306 e. The van der Waals surface area contributed by atoms with Crippen LogP contribution in [0.4, 0.5) is 0 Å². The summed E-state index contributed by atoms with van der Waals surface area (Å²) in [6, 6.07) is 75.3. The van der Waals surface area contributed by atoms with E-state index >= 15 is 0 Å². The average Bonchev–Trinajstić information content (AvgIpc) is 0.757. The Balaban J connectivity index is 0.000000342. The van der Waals surface area contributed by atoms with Gasteiger partial charge >= 0.3 is 5.97 Å². The molecule has 35 heteroatoms. The normalized spacial score (nSPS) is 11.4. The van der Waals surface area contributed by atoms with Gasteiger partial charge in [-0.25, -0.2) is 25.3 Å². The molecule has 0 amide bonds. The summed E-state index contributed by atoms with van der Waals surface area (Å²) in [5.41, 5.74) is 6.06. The molecule has 147 heavy (non-hydrogen) atoms. The number of carboxylic acids is 1. The molecule has 0 heterocycles. The zero-order valence-electron chi connectivity index (χ0n) is 84.7. The molecule has 0 radical (unpaired) electrons. The highest BCUT2D eigenvalue weighted by Crippen LogP contribution is 2.53. The van der Waals surface area contributed by atoms with Crippen molar-refractivity contribution in [3.63, 3.8) is 0 Å². The summed E-state index contributed by atoms with van der Waals surface area (Å²) in [5, 5.41) is 13.7. The highest BCUT2D eigenvalue weighted by Gasteiger charge is 2.44.